The van der Waals surface area contributed by atoms with Gasteiger partial charge < -0.3 is 5.73 Å². The van der Waals surface area contributed by atoms with E-state index in [9.17, 15) is 19.2 Å². The van der Waals surface area contributed by atoms with Gasteiger partial charge >= 0.3 is 18.1 Å². The number of imide groups is 3. The lowest BCUT2D eigenvalue weighted by atomic mass is 10.3. The van der Waals surface area contributed by atoms with Crippen molar-refractivity contribution in [2.45, 2.75) is 19.8 Å². The Morgan fingerprint density at radius 3 is 2.38 bits per heavy atom. The van der Waals surface area contributed by atoms with Crippen molar-refractivity contribution in [1.82, 2.24) is 15.5 Å². The summed E-state index contributed by atoms with van der Waals surface area (Å²) in [7, 11) is 0. The molecule has 0 aromatic rings. The van der Waals surface area contributed by atoms with E-state index in [4.69, 9.17) is 5.73 Å². The third kappa shape index (κ3) is 4.94. The lowest BCUT2D eigenvalue weighted by Crippen LogP contribution is -2.51. The van der Waals surface area contributed by atoms with Gasteiger partial charge in [0.25, 0.3) is 0 Å². The van der Waals surface area contributed by atoms with Crippen molar-refractivity contribution < 1.29 is 19.2 Å². The van der Waals surface area contributed by atoms with Crippen molar-refractivity contribution in [1.29, 1.82) is 0 Å². The van der Waals surface area contributed by atoms with E-state index < -0.39 is 18.1 Å². The van der Waals surface area contributed by atoms with E-state index >= 15 is 0 Å². The summed E-state index contributed by atoms with van der Waals surface area (Å²) in [5, 5.41) is 3.54. The number of nitrogens with one attached hydrogen (secondary N) is 2. The Kier molecular flexibility index (Phi) is 6.25. The van der Waals surface area contributed by atoms with Crippen LogP contribution in [-0.4, -0.2) is 35.9 Å². The fraction of sp³-hybridized carbons (Fsp3) is 0.500. The molecule has 16 heavy (non-hydrogen) atoms. The third-order valence-electron chi connectivity index (χ3n) is 1.64. The van der Waals surface area contributed by atoms with E-state index in [0.717, 1.165) is 6.42 Å². The number of hydrogen-bond donors (Lipinski definition) is 3. The SMILES string of the molecule is CCCCN(C(=O)NC=O)C(=O)NC(N)=O. The van der Waals surface area contributed by atoms with E-state index in [-0.39, 0.29) is 13.0 Å². The standard InChI is InChI=1S/C8H14N4O4/c1-2-3-4-12(7(15)10-5-13)8(16)11-6(9)14/h5H,2-4H2,1H3,(H,10,13,15)(H3,9,11,14,16). The summed E-state index contributed by atoms with van der Waals surface area (Å²) in [6.45, 7) is 1.96. The first-order valence-corrected chi connectivity index (χ1v) is 4.65. The summed E-state index contributed by atoms with van der Waals surface area (Å²) in [6, 6.07) is -2.92. The fourth-order valence-corrected chi connectivity index (χ4v) is 0.913. The van der Waals surface area contributed by atoms with E-state index in [1.54, 1.807) is 10.6 Å². The largest absolute Gasteiger partial charge is 0.351 e. The van der Waals surface area contributed by atoms with Gasteiger partial charge in [-0.1, -0.05) is 13.3 Å². The Morgan fingerprint density at radius 1 is 1.31 bits per heavy atom. The van der Waals surface area contributed by atoms with Crippen molar-refractivity contribution in [2.75, 3.05) is 6.54 Å². The van der Waals surface area contributed by atoms with Crippen molar-refractivity contribution in [3.05, 3.63) is 0 Å². The normalized spacial score (nSPS) is 9.06. The highest BCUT2D eigenvalue weighted by Crippen LogP contribution is 1.96. The maximum atomic E-state index is 11.3. The number of unbranched alkanes of at least 4 members (excludes halogenated alkanes) is 1. The number of urea groups is 3. The molecule has 0 aromatic carbocycles. The molecule has 8 nitrogen and oxygen atoms in total. The molecule has 0 rings (SSSR count). The van der Waals surface area contributed by atoms with Crippen LogP contribution < -0.4 is 16.4 Å². The monoisotopic (exact) mass is 230 g/mol. The molecule has 0 radical (unpaired) electrons. The molecule has 0 aliphatic heterocycles. The highest BCUT2D eigenvalue weighted by atomic mass is 16.2. The average molecular weight is 230 g/mol. The molecule has 0 fully saturated rings. The number of amides is 7. The van der Waals surface area contributed by atoms with Crippen LogP contribution in [0.2, 0.25) is 0 Å². The smallest absolute Gasteiger partial charge is 0.333 e. The zero-order valence-electron chi connectivity index (χ0n) is 8.86. The first-order chi connectivity index (χ1) is 7.52. The number of carbonyl (C=O) groups is 4. The maximum Gasteiger partial charge on any atom is 0.333 e. The predicted molar refractivity (Wildman–Crippen MR) is 54.3 cm³/mol. The lowest BCUT2D eigenvalue weighted by Gasteiger charge is -2.18. The second kappa shape index (κ2) is 7.21. The highest BCUT2D eigenvalue weighted by molar-refractivity contribution is 6.02. The van der Waals surface area contributed by atoms with Crippen LogP contribution in [0.15, 0.2) is 0 Å². The molecule has 0 unspecified atom stereocenters. The number of primary amides is 1. The van der Waals surface area contributed by atoms with Crippen LogP contribution in [0.25, 0.3) is 0 Å². The molecule has 0 atom stereocenters. The molecule has 0 saturated carbocycles. The lowest BCUT2D eigenvalue weighted by molar-refractivity contribution is -0.108. The zero-order chi connectivity index (χ0) is 12.6. The van der Waals surface area contributed by atoms with Crippen LogP contribution in [0.5, 0.6) is 0 Å². The minimum Gasteiger partial charge on any atom is -0.351 e. The van der Waals surface area contributed by atoms with Gasteiger partial charge in [-0.3, -0.25) is 15.4 Å². The van der Waals surface area contributed by atoms with E-state index in [0.29, 0.717) is 11.3 Å². The molecule has 90 valence electrons. The van der Waals surface area contributed by atoms with Crippen LogP contribution in [-0.2, 0) is 4.79 Å². The van der Waals surface area contributed by atoms with E-state index in [1.165, 1.54) is 0 Å². The Hall–Kier alpha value is -2.12. The van der Waals surface area contributed by atoms with Crippen molar-refractivity contribution in [3.8, 4) is 0 Å². The molecule has 0 heterocycles. The van der Waals surface area contributed by atoms with E-state index in [2.05, 4.69) is 0 Å². The first kappa shape index (κ1) is 13.9. The molecule has 8 heteroatoms. The summed E-state index contributed by atoms with van der Waals surface area (Å²) >= 11 is 0. The van der Waals surface area contributed by atoms with Gasteiger partial charge in [0.1, 0.15) is 0 Å². The maximum absolute atomic E-state index is 11.3. The molecular weight excluding hydrogens is 216 g/mol. The van der Waals surface area contributed by atoms with Gasteiger partial charge in [-0.05, 0) is 6.42 Å². The van der Waals surface area contributed by atoms with Crippen LogP contribution in [0.3, 0.4) is 0 Å². The number of carbonyl (C=O) groups excluding carboxylic acids is 4. The second-order valence-electron chi connectivity index (χ2n) is 2.87. The number of nitrogens with two attached hydrogens (primary N) is 1. The van der Waals surface area contributed by atoms with Gasteiger partial charge in [0.05, 0.1) is 0 Å². The van der Waals surface area contributed by atoms with Gasteiger partial charge in [-0.25, -0.2) is 19.3 Å². The third-order valence-corrected chi connectivity index (χ3v) is 1.64. The molecule has 0 aromatic heterocycles. The minimum absolute atomic E-state index is 0.0925. The van der Waals surface area contributed by atoms with Crippen molar-refractivity contribution in [3.63, 3.8) is 0 Å². The molecule has 7 amide bonds. The minimum atomic E-state index is -1.06. The van der Waals surface area contributed by atoms with Gasteiger partial charge in [0, 0.05) is 6.54 Å². The second-order valence-corrected chi connectivity index (χ2v) is 2.87. The first-order valence-electron chi connectivity index (χ1n) is 4.65. The average Bonchev–Trinajstić information content (AvgIpc) is 2.17. The van der Waals surface area contributed by atoms with Gasteiger partial charge in [0.2, 0.25) is 6.41 Å². The van der Waals surface area contributed by atoms with E-state index in [1.807, 2.05) is 6.92 Å². The van der Waals surface area contributed by atoms with Crippen molar-refractivity contribution in [2.24, 2.45) is 5.73 Å². The summed E-state index contributed by atoms with van der Waals surface area (Å²) in [5.74, 6) is 0. The van der Waals surface area contributed by atoms with Gasteiger partial charge in [-0.15, -0.1) is 0 Å². The number of nitrogens with zero attached hydrogens (tertiary/aromatic N) is 1. The van der Waals surface area contributed by atoms with Gasteiger partial charge in [0.15, 0.2) is 0 Å². The van der Waals surface area contributed by atoms with Crippen LogP contribution >= 0.6 is 0 Å². The molecule has 0 aliphatic rings. The van der Waals surface area contributed by atoms with Crippen LogP contribution in [0.1, 0.15) is 19.8 Å². The quantitative estimate of drug-likeness (QED) is 0.576. The molecule has 0 aliphatic carbocycles. The number of rotatable bonds is 4. The Bertz CT molecular complexity index is 292. The topological polar surface area (TPSA) is 122 Å². The molecule has 0 saturated heterocycles. The summed E-state index contributed by atoms with van der Waals surface area (Å²) in [4.78, 5) is 43.7. The fourth-order valence-electron chi connectivity index (χ4n) is 0.913. The summed E-state index contributed by atoms with van der Waals surface area (Å²) in [5.41, 5.74) is 4.74. The molecule has 0 bridgehead atoms. The van der Waals surface area contributed by atoms with Gasteiger partial charge in [-0.2, -0.15) is 0 Å². The Balaban J connectivity index is 4.51. The van der Waals surface area contributed by atoms with Crippen molar-refractivity contribution >= 4 is 24.5 Å². The number of hydrogen-bond acceptors (Lipinski definition) is 4. The predicted octanol–water partition coefficient (Wildman–Crippen LogP) is -0.257. The van der Waals surface area contributed by atoms with Crippen LogP contribution in [0, 0.1) is 0 Å². The summed E-state index contributed by atoms with van der Waals surface area (Å²) < 4.78 is 0. The molecule has 0 spiro atoms. The summed E-state index contributed by atoms with van der Waals surface area (Å²) in [6.07, 6.45) is 1.45. The molecular formula is C8H14N4O4. The Labute approximate surface area is 92.1 Å². The van der Waals surface area contributed by atoms with Crippen LogP contribution in [0.4, 0.5) is 14.4 Å². The zero-order valence-corrected chi connectivity index (χ0v) is 8.86. The highest BCUT2D eigenvalue weighted by Gasteiger charge is 2.21. The Morgan fingerprint density at radius 2 is 1.94 bits per heavy atom. The molecule has 4 N–H and O–H groups in total.